The first-order valence-corrected chi connectivity index (χ1v) is 7.68. The largest absolute Gasteiger partial charge is 0.253 e. The molecule has 0 unspecified atom stereocenters. The summed E-state index contributed by atoms with van der Waals surface area (Å²) in [6, 6.07) is 12.6. The van der Waals surface area contributed by atoms with E-state index in [0.29, 0.717) is 0 Å². The highest BCUT2D eigenvalue weighted by atomic mass is 79.9. The second kappa shape index (κ2) is 5.27. The van der Waals surface area contributed by atoms with Crippen LogP contribution in [0.1, 0.15) is 16.1 Å². The molecule has 0 radical (unpaired) electrons. The molecule has 2 heterocycles. The number of halogens is 1. The van der Waals surface area contributed by atoms with Crippen LogP contribution in [0.25, 0.3) is 23.1 Å². The number of pyridine rings is 1. The van der Waals surface area contributed by atoms with Gasteiger partial charge in [-0.3, -0.25) is 4.98 Å². The molecule has 0 aliphatic rings. The maximum atomic E-state index is 4.64. The maximum Gasteiger partial charge on any atom is 0.0777 e. The third-order valence-corrected chi connectivity index (χ3v) is 4.56. The van der Waals surface area contributed by atoms with Crippen LogP contribution >= 0.6 is 27.3 Å². The summed E-state index contributed by atoms with van der Waals surface area (Å²) in [5.41, 5.74) is 3.27. The van der Waals surface area contributed by atoms with Gasteiger partial charge in [-0.2, -0.15) is 0 Å². The number of aryl methyl sites for hydroxylation is 1. The normalized spacial score (nSPS) is 11.5. The number of thiophene rings is 1. The van der Waals surface area contributed by atoms with Gasteiger partial charge in [0.1, 0.15) is 0 Å². The molecule has 0 bridgehead atoms. The first kappa shape index (κ1) is 12.6. The average molecular weight is 330 g/mol. The average Bonchev–Trinajstić information content (AvgIpc) is 2.82. The van der Waals surface area contributed by atoms with E-state index in [9.17, 15) is 0 Å². The Balaban J connectivity index is 2.05. The minimum absolute atomic E-state index is 1.05. The number of nitrogens with zero attached hydrogens (tertiary/aromatic N) is 1. The van der Waals surface area contributed by atoms with Crippen LogP contribution in [-0.2, 0) is 0 Å². The summed E-state index contributed by atoms with van der Waals surface area (Å²) in [6.45, 7) is 2.02. The van der Waals surface area contributed by atoms with Gasteiger partial charge >= 0.3 is 0 Å². The van der Waals surface area contributed by atoms with E-state index in [0.717, 1.165) is 21.2 Å². The molecule has 3 aromatic rings. The summed E-state index contributed by atoms with van der Waals surface area (Å²) in [6.07, 6.45) is 4.27. The fourth-order valence-electron chi connectivity index (χ4n) is 1.99. The van der Waals surface area contributed by atoms with Crippen LogP contribution in [-0.4, -0.2) is 4.98 Å². The van der Waals surface area contributed by atoms with Gasteiger partial charge in [-0.05, 0) is 41.1 Å². The Morgan fingerprint density at radius 2 is 2.05 bits per heavy atom. The monoisotopic (exact) mass is 329 g/mol. The van der Waals surface area contributed by atoms with E-state index in [1.54, 1.807) is 11.3 Å². The lowest BCUT2D eigenvalue weighted by Gasteiger charge is -2.02. The zero-order valence-electron chi connectivity index (χ0n) is 10.4. The summed E-state index contributed by atoms with van der Waals surface area (Å²) in [7, 11) is 0. The SMILES string of the molecule is Cc1ccc2cccc(/C=C/c3cc(Br)cs3)c2n1. The van der Waals surface area contributed by atoms with Crippen molar-refractivity contribution in [1.29, 1.82) is 0 Å². The van der Waals surface area contributed by atoms with Crippen molar-refractivity contribution in [3.8, 4) is 0 Å². The highest BCUT2D eigenvalue weighted by Crippen LogP contribution is 2.23. The highest BCUT2D eigenvalue weighted by Gasteiger charge is 2.00. The molecular formula is C16H12BrNS. The van der Waals surface area contributed by atoms with E-state index in [1.165, 1.54) is 10.3 Å². The van der Waals surface area contributed by atoms with Gasteiger partial charge in [0.05, 0.1) is 5.52 Å². The quantitative estimate of drug-likeness (QED) is 0.601. The molecule has 0 saturated heterocycles. The summed E-state index contributed by atoms with van der Waals surface area (Å²) >= 11 is 5.20. The van der Waals surface area contributed by atoms with Crippen molar-refractivity contribution in [3.63, 3.8) is 0 Å². The van der Waals surface area contributed by atoms with Crippen molar-refractivity contribution in [2.75, 3.05) is 0 Å². The minimum atomic E-state index is 1.05. The third kappa shape index (κ3) is 2.77. The molecule has 2 aromatic heterocycles. The zero-order valence-corrected chi connectivity index (χ0v) is 12.8. The van der Waals surface area contributed by atoms with E-state index in [2.05, 4.69) is 68.8 Å². The van der Waals surface area contributed by atoms with Crippen LogP contribution in [0.5, 0.6) is 0 Å². The van der Waals surface area contributed by atoms with Crippen molar-refractivity contribution >= 4 is 50.3 Å². The lowest BCUT2D eigenvalue weighted by atomic mass is 10.1. The molecule has 1 aromatic carbocycles. The molecule has 0 fully saturated rings. The van der Waals surface area contributed by atoms with E-state index in [1.807, 2.05) is 13.0 Å². The maximum absolute atomic E-state index is 4.64. The van der Waals surface area contributed by atoms with Crippen molar-refractivity contribution in [1.82, 2.24) is 4.98 Å². The standard InChI is InChI=1S/C16H12BrNS/c1-11-5-6-12-3-2-4-13(16(12)18-11)7-8-15-9-14(17)10-19-15/h2-10H,1H3/b8-7+. The Morgan fingerprint density at radius 3 is 2.84 bits per heavy atom. The first-order valence-electron chi connectivity index (χ1n) is 6.01. The topological polar surface area (TPSA) is 12.9 Å². The third-order valence-electron chi connectivity index (χ3n) is 2.91. The Kier molecular flexibility index (Phi) is 3.49. The van der Waals surface area contributed by atoms with E-state index in [4.69, 9.17) is 0 Å². The summed E-state index contributed by atoms with van der Waals surface area (Å²) in [5, 5.41) is 3.27. The van der Waals surface area contributed by atoms with Crippen LogP contribution in [0.4, 0.5) is 0 Å². The van der Waals surface area contributed by atoms with Gasteiger partial charge in [0.15, 0.2) is 0 Å². The molecular weight excluding hydrogens is 318 g/mol. The second-order valence-electron chi connectivity index (χ2n) is 4.37. The lowest BCUT2D eigenvalue weighted by Crippen LogP contribution is -1.85. The van der Waals surface area contributed by atoms with Gasteiger partial charge in [0, 0.05) is 31.4 Å². The number of para-hydroxylation sites is 1. The number of benzene rings is 1. The van der Waals surface area contributed by atoms with Crippen molar-refractivity contribution in [2.45, 2.75) is 6.92 Å². The fourth-order valence-corrected chi connectivity index (χ4v) is 3.33. The fraction of sp³-hybridized carbons (Fsp3) is 0.0625. The van der Waals surface area contributed by atoms with Crippen LogP contribution in [0.3, 0.4) is 0 Å². The van der Waals surface area contributed by atoms with Crippen molar-refractivity contribution in [3.05, 3.63) is 62.4 Å². The van der Waals surface area contributed by atoms with Gasteiger partial charge in [-0.1, -0.05) is 30.3 Å². The zero-order chi connectivity index (χ0) is 13.2. The number of aromatic nitrogens is 1. The first-order chi connectivity index (χ1) is 9.22. The lowest BCUT2D eigenvalue weighted by molar-refractivity contribution is 1.25. The minimum Gasteiger partial charge on any atom is -0.253 e. The summed E-state index contributed by atoms with van der Waals surface area (Å²) < 4.78 is 1.13. The molecule has 0 amide bonds. The number of hydrogen-bond donors (Lipinski definition) is 0. The highest BCUT2D eigenvalue weighted by molar-refractivity contribution is 9.10. The molecule has 19 heavy (non-hydrogen) atoms. The number of hydrogen-bond acceptors (Lipinski definition) is 2. The molecule has 0 atom stereocenters. The molecule has 0 spiro atoms. The van der Waals surface area contributed by atoms with Crippen LogP contribution in [0.2, 0.25) is 0 Å². The summed E-state index contributed by atoms with van der Waals surface area (Å²) in [5.74, 6) is 0. The molecule has 0 aliphatic carbocycles. The van der Waals surface area contributed by atoms with Gasteiger partial charge in [-0.15, -0.1) is 11.3 Å². The Morgan fingerprint density at radius 1 is 1.16 bits per heavy atom. The van der Waals surface area contributed by atoms with E-state index >= 15 is 0 Å². The Hall–Kier alpha value is -1.45. The van der Waals surface area contributed by atoms with Gasteiger partial charge in [0.25, 0.3) is 0 Å². The second-order valence-corrected chi connectivity index (χ2v) is 6.23. The Bertz CT molecular complexity index is 758. The van der Waals surface area contributed by atoms with Crippen LogP contribution in [0, 0.1) is 6.92 Å². The van der Waals surface area contributed by atoms with Gasteiger partial charge in [0.2, 0.25) is 0 Å². The molecule has 3 rings (SSSR count). The predicted octanol–water partition coefficient (Wildman–Crippen LogP) is 5.54. The molecule has 3 heteroatoms. The number of rotatable bonds is 2. The molecule has 1 nitrogen and oxygen atoms in total. The van der Waals surface area contributed by atoms with Crippen molar-refractivity contribution in [2.24, 2.45) is 0 Å². The molecule has 0 N–H and O–H groups in total. The Labute approximate surface area is 124 Å². The molecule has 0 saturated carbocycles. The van der Waals surface area contributed by atoms with Crippen molar-refractivity contribution < 1.29 is 0 Å². The van der Waals surface area contributed by atoms with E-state index < -0.39 is 0 Å². The van der Waals surface area contributed by atoms with Gasteiger partial charge in [-0.25, -0.2) is 0 Å². The number of fused-ring (bicyclic) bond motifs is 1. The van der Waals surface area contributed by atoms with Gasteiger partial charge < -0.3 is 0 Å². The molecule has 94 valence electrons. The van der Waals surface area contributed by atoms with Crippen LogP contribution < -0.4 is 0 Å². The molecule has 0 aliphatic heterocycles. The predicted molar refractivity (Wildman–Crippen MR) is 87.4 cm³/mol. The summed E-state index contributed by atoms with van der Waals surface area (Å²) in [4.78, 5) is 5.87. The van der Waals surface area contributed by atoms with Crippen LogP contribution in [0.15, 0.2) is 46.3 Å². The van der Waals surface area contributed by atoms with E-state index in [-0.39, 0.29) is 0 Å². The smallest absolute Gasteiger partial charge is 0.0777 e.